The Bertz CT molecular complexity index is 935. The van der Waals surface area contributed by atoms with Crippen LogP contribution >= 0.6 is 0 Å². The molecule has 0 unspecified atom stereocenters. The topological polar surface area (TPSA) is 4.41 Å². The lowest BCUT2D eigenvalue weighted by Crippen LogP contribution is -2.10. The van der Waals surface area contributed by atoms with Crippen LogP contribution in [0.1, 0.15) is 31.9 Å². The summed E-state index contributed by atoms with van der Waals surface area (Å²) in [6, 6.07) is 13.4. The van der Waals surface area contributed by atoms with Crippen LogP contribution in [-0.4, -0.2) is 4.40 Å². The smallest absolute Gasteiger partial charge is 0.0611 e. The van der Waals surface area contributed by atoms with Gasteiger partial charge >= 0.3 is 0 Å². The number of hydrogen-bond acceptors (Lipinski definition) is 0. The first-order valence-electron chi connectivity index (χ1n) is 7.23. The minimum absolute atomic E-state index is 0.168. The van der Waals surface area contributed by atoms with Crippen molar-refractivity contribution in [2.75, 3.05) is 0 Å². The van der Waals surface area contributed by atoms with Gasteiger partial charge in [0.05, 0.1) is 11.0 Å². The predicted molar refractivity (Wildman–Crippen MR) is 87.0 cm³/mol. The second-order valence-corrected chi connectivity index (χ2v) is 6.89. The Morgan fingerprint density at radius 1 is 0.900 bits per heavy atom. The van der Waals surface area contributed by atoms with Crippen molar-refractivity contribution in [3.05, 3.63) is 53.7 Å². The third kappa shape index (κ3) is 1.38. The summed E-state index contributed by atoms with van der Waals surface area (Å²) in [5.41, 5.74) is 5.63. The molecule has 0 saturated carbocycles. The van der Waals surface area contributed by atoms with Gasteiger partial charge in [0.2, 0.25) is 0 Å². The van der Waals surface area contributed by atoms with Gasteiger partial charge in [0.15, 0.2) is 0 Å². The molecular formula is C19H19N. The number of fused-ring (bicyclic) bond motifs is 3. The number of aromatic nitrogens is 1. The Balaban J connectivity index is 2.33. The fraction of sp³-hybridized carbons (Fsp3) is 0.263. The molecule has 0 atom stereocenters. The molecule has 2 aromatic heterocycles. The molecule has 0 N–H and O–H groups in total. The highest BCUT2D eigenvalue weighted by Gasteiger charge is 2.22. The summed E-state index contributed by atoms with van der Waals surface area (Å²) in [6.07, 6.45) is 2.33. The zero-order chi connectivity index (χ0) is 14.1. The Morgan fingerprint density at radius 3 is 2.35 bits per heavy atom. The van der Waals surface area contributed by atoms with Crippen LogP contribution in [0.5, 0.6) is 0 Å². The molecule has 0 fully saturated rings. The first-order valence-corrected chi connectivity index (χ1v) is 7.23. The average molecular weight is 261 g/mol. The zero-order valence-electron chi connectivity index (χ0n) is 12.5. The van der Waals surface area contributed by atoms with Gasteiger partial charge in [-0.15, -0.1) is 0 Å². The van der Waals surface area contributed by atoms with Crippen LogP contribution in [0.15, 0.2) is 42.6 Å². The van der Waals surface area contributed by atoms with Gasteiger partial charge in [-0.25, -0.2) is 0 Å². The van der Waals surface area contributed by atoms with Crippen molar-refractivity contribution in [3.63, 3.8) is 0 Å². The van der Waals surface area contributed by atoms with E-state index in [0.717, 1.165) is 0 Å². The van der Waals surface area contributed by atoms with Crippen LogP contribution in [0.25, 0.3) is 27.2 Å². The third-order valence-electron chi connectivity index (χ3n) is 4.31. The second kappa shape index (κ2) is 3.54. The fourth-order valence-corrected chi connectivity index (χ4v) is 3.41. The number of para-hydroxylation sites is 1. The first kappa shape index (κ1) is 11.8. The summed E-state index contributed by atoms with van der Waals surface area (Å²) < 4.78 is 2.38. The summed E-state index contributed by atoms with van der Waals surface area (Å²) in [7, 11) is 0. The van der Waals surface area contributed by atoms with Crippen molar-refractivity contribution >= 4 is 27.2 Å². The van der Waals surface area contributed by atoms with Crippen LogP contribution in [0, 0.1) is 6.92 Å². The number of benzene rings is 2. The van der Waals surface area contributed by atoms with E-state index in [1.165, 1.54) is 38.3 Å². The molecule has 0 aliphatic carbocycles. The molecule has 0 amide bonds. The molecule has 1 heteroatoms. The van der Waals surface area contributed by atoms with Gasteiger partial charge in [0.1, 0.15) is 0 Å². The number of nitrogens with zero attached hydrogens (tertiary/aromatic N) is 1. The molecule has 4 rings (SSSR count). The molecule has 0 saturated heterocycles. The highest BCUT2D eigenvalue weighted by molar-refractivity contribution is 6.15. The minimum Gasteiger partial charge on any atom is -0.315 e. The van der Waals surface area contributed by atoms with E-state index in [2.05, 4.69) is 74.7 Å². The van der Waals surface area contributed by atoms with Crippen molar-refractivity contribution < 1.29 is 0 Å². The lowest BCUT2D eigenvalue weighted by atomic mass is 9.86. The van der Waals surface area contributed by atoms with E-state index in [-0.39, 0.29) is 5.41 Å². The van der Waals surface area contributed by atoms with E-state index in [0.29, 0.717) is 0 Å². The highest BCUT2D eigenvalue weighted by Crippen LogP contribution is 2.39. The summed E-state index contributed by atoms with van der Waals surface area (Å²) in [5, 5.41) is 4.14. The second-order valence-electron chi connectivity index (χ2n) is 6.89. The van der Waals surface area contributed by atoms with Gasteiger partial charge in [-0.3, -0.25) is 0 Å². The van der Waals surface area contributed by atoms with E-state index in [1.807, 2.05) is 0 Å². The Morgan fingerprint density at radius 2 is 1.60 bits per heavy atom. The Hall–Kier alpha value is -2.02. The normalized spacial score (nSPS) is 13.0. The van der Waals surface area contributed by atoms with Crippen LogP contribution < -0.4 is 0 Å². The molecule has 100 valence electrons. The summed E-state index contributed by atoms with van der Waals surface area (Å²) in [5.74, 6) is 0. The molecule has 1 nitrogen and oxygen atoms in total. The monoisotopic (exact) mass is 261 g/mol. The van der Waals surface area contributed by atoms with E-state index in [4.69, 9.17) is 0 Å². The largest absolute Gasteiger partial charge is 0.315 e. The standard InChI is InChI=1S/C19H19N/c1-12-9-14-13-7-5-6-8-17(13)20-11-16(19(2,3)4)15(10-12)18(14)20/h5-11H,1-4H3. The van der Waals surface area contributed by atoms with Crippen LogP contribution in [-0.2, 0) is 5.41 Å². The van der Waals surface area contributed by atoms with Crippen molar-refractivity contribution in [2.24, 2.45) is 0 Å². The Labute approximate surface area is 119 Å². The maximum Gasteiger partial charge on any atom is 0.0611 e. The maximum absolute atomic E-state index is 2.38. The average Bonchev–Trinajstić information content (AvgIpc) is 2.90. The first-order chi connectivity index (χ1) is 9.47. The van der Waals surface area contributed by atoms with Gasteiger partial charge in [-0.1, -0.05) is 39.0 Å². The van der Waals surface area contributed by atoms with Crippen molar-refractivity contribution in [1.82, 2.24) is 4.40 Å². The molecule has 0 aliphatic rings. The molecule has 2 heterocycles. The van der Waals surface area contributed by atoms with Crippen LogP contribution in [0.2, 0.25) is 0 Å². The fourth-order valence-electron chi connectivity index (χ4n) is 3.41. The molecule has 20 heavy (non-hydrogen) atoms. The number of hydrogen-bond donors (Lipinski definition) is 0. The molecule has 0 aliphatic heterocycles. The van der Waals surface area contributed by atoms with E-state index in [9.17, 15) is 0 Å². The van der Waals surface area contributed by atoms with E-state index < -0.39 is 0 Å². The van der Waals surface area contributed by atoms with Gasteiger partial charge in [0.25, 0.3) is 0 Å². The van der Waals surface area contributed by atoms with Gasteiger partial charge in [-0.05, 0) is 41.7 Å². The number of aryl methyl sites for hydroxylation is 1. The molecule has 0 spiro atoms. The lowest BCUT2D eigenvalue weighted by molar-refractivity contribution is 0.595. The summed E-state index contributed by atoms with van der Waals surface area (Å²) in [4.78, 5) is 0. The molecule has 0 radical (unpaired) electrons. The van der Waals surface area contributed by atoms with E-state index >= 15 is 0 Å². The maximum atomic E-state index is 2.38. The van der Waals surface area contributed by atoms with Gasteiger partial charge in [0, 0.05) is 22.4 Å². The van der Waals surface area contributed by atoms with E-state index in [1.54, 1.807) is 0 Å². The van der Waals surface area contributed by atoms with Crippen molar-refractivity contribution in [3.8, 4) is 0 Å². The molecule has 0 bridgehead atoms. The van der Waals surface area contributed by atoms with Crippen LogP contribution in [0.4, 0.5) is 0 Å². The lowest BCUT2D eigenvalue weighted by Gasteiger charge is -2.17. The van der Waals surface area contributed by atoms with Crippen molar-refractivity contribution in [2.45, 2.75) is 33.1 Å². The Kier molecular flexibility index (Phi) is 2.09. The molecule has 4 aromatic rings. The SMILES string of the molecule is Cc1cc2c(C(C)(C)C)cn3c4ccccc4c(c1)c23. The van der Waals surface area contributed by atoms with Crippen molar-refractivity contribution in [1.29, 1.82) is 0 Å². The highest BCUT2D eigenvalue weighted by atomic mass is 14.9. The molecular weight excluding hydrogens is 242 g/mol. The van der Waals surface area contributed by atoms with Gasteiger partial charge < -0.3 is 4.40 Å². The van der Waals surface area contributed by atoms with Gasteiger partial charge in [-0.2, -0.15) is 0 Å². The molecule has 2 aromatic carbocycles. The zero-order valence-corrected chi connectivity index (χ0v) is 12.5. The predicted octanol–water partition coefficient (Wildman–Crippen LogP) is 5.29. The quantitative estimate of drug-likeness (QED) is 0.405. The third-order valence-corrected chi connectivity index (χ3v) is 4.31. The minimum atomic E-state index is 0.168. The summed E-state index contributed by atoms with van der Waals surface area (Å²) >= 11 is 0. The summed E-state index contributed by atoms with van der Waals surface area (Å²) in [6.45, 7) is 9.07. The van der Waals surface area contributed by atoms with Crippen LogP contribution in [0.3, 0.4) is 0 Å². The number of rotatable bonds is 0.